The van der Waals surface area contributed by atoms with Crippen LogP contribution in [-0.2, 0) is 0 Å². The van der Waals surface area contributed by atoms with Gasteiger partial charge < -0.3 is 16.0 Å². The summed E-state index contributed by atoms with van der Waals surface area (Å²) in [4.78, 5) is 6.95. The standard InChI is InChI=1S/C12H20N4S/c1-8-7-9(2)15-12(10(8)11(13)17)14-5-6-16(3)4/h7H,5-6H2,1-4H3,(H2,13,17)(H,14,15). The smallest absolute Gasteiger partial charge is 0.136 e. The first-order valence-electron chi connectivity index (χ1n) is 5.58. The minimum atomic E-state index is 0.391. The van der Waals surface area contributed by atoms with Crippen molar-refractivity contribution >= 4 is 23.0 Å². The molecule has 94 valence electrons. The minimum absolute atomic E-state index is 0.391. The van der Waals surface area contributed by atoms with Gasteiger partial charge in [-0.2, -0.15) is 0 Å². The van der Waals surface area contributed by atoms with Gasteiger partial charge in [0, 0.05) is 18.8 Å². The van der Waals surface area contributed by atoms with Gasteiger partial charge in [0.1, 0.15) is 10.8 Å². The van der Waals surface area contributed by atoms with E-state index in [9.17, 15) is 0 Å². The normalized spacial score (nSPS) is 10.6. The molecule has 3 N–H and O–H groups in total. The van der Waals surface area contributed by atoms with Gasteiger partial charge in [-0.25, -0.2) is 4.98 Å². The van der Waals surface area contributed by atoms with E-state index in [1.54, 1.807) is 0 Å². The van der Waals surface area contributed by atoms with Crippen LogP contribution in [0.5, 0.6) is 0 Å². The summed E-state index contributed by atoms with van der Waals surface area (Å²) in [6.45, 7) is 5.72. The number of aromatic nitrogens is 1. The summed E-state index contributed by atoms with van der Waals surface area (Å²) in [5, 5.41) is 3.29. The van der Waals surface area contributed by atoms with E-state index in [2.05, 4.69) is 15.2 Å². The molecule has 5 heteroatoms. The summed E-state index contributed by atoms with van der Waals surface area (Å²) >= 11 is 5.07. The molecular formula is C12H20N4S. The lowest BCUT2D eigenvalue weighted by atomic mass is 10.1. The Kier molecular flexibility index (Phi) is 4.84. The van der Waals surface area contributed by atoms with Crippen molar-refractivity contribution in [1.29, 1.82) is 0 Å². The fourth-order valence-corrected chi connectivity index (χ4v) is 1.93. The Hall–Kier alpha value is -1.20. The summed E-state index contributed by atoms with van der Waals surface area (Å²) in [5.74, 6) is 0.789. The predicted octanol–water partition coefficient (Wildman–Crippen LogP) is 1.31. The molecule has 0 saturated carbocycles. The fraction of sp³-hybridized carbons (Fsp3) is 0.500. The van der Waals surface area contributed by atoms with E-state index in [0.29, 0.717) is 4.99 Å². The van der Waals surface area contributed by atoms with Gasteiger partial charge in [0.2, 0.25) is 0 Å². The molecule has 1 heterocycles. The molecule has 0 aromatic carbocycles. The zero-order chi connectivity index (χ0) is 13.0. The van der Waals surface area contributed by atoms with Crippen LogP contribution in [0.3, 0.4) is 0 Å². The second kappa shape index (κ2) is 5.93. The number of pyridine rings is 1. The number of nitrogens with two attached hydrogens (primary N) is 1. The molecule has 0 saturated heterocycles. The molecule has 0 bridgehead atoms. The molecule has 4 nitrogen and oxygen atoms in total. The van der Waals surface area contributed by atoms with Gasteiger partial charge in [0.15, 0.2) is 0 Å². The number of likely N-dealkylation sites (N-methyl/N-ethyl adjacent to an activating group) is 1. The molecule has 0 spiro atoms. The molecular weight excluding hydrogens is 232 g/mol. The van der Waals surface area contributed by atoms with Crippen molar-refractivity contribution in [2.75, 3.05) is 32.5 Å². The number of nitrogens with zero attached hydrogens (tertiary/aromatic N) is 2. The Labute approximate surface area is 108 Å². The van der Waals surface area contributed by atoms with Crippen molar-refractivity contribution in [3.63, 3.8) is 0 Å². The maximum atomic E-state index is 5.74. The van der Waals surface area contributed by atoms with Gasteiger partial charge in [0.05, 0.1) is 5.56 Å². The van der Waals surface area contributed by atoms with E-state index in [0.717, 1.165) is 35.7 Å². The van der Waals surface area contributed by atoms with Crippen molar-refractivity contribution in [1.82, 2.24) is 9.88 Å². The van der Waals surface area contributed by atoms with E-state index in [4.69, 9.17) is 18.0 Å². The molecule has 0 fully saturated rings. The lowest BCUT2D eigenvalue weighted by Crippen LogP contribution is -2.23. The van der Waals surface area contributed by atoms with Gasteiger partial charge in [-0.15, -0.1) is 0 Å². The van der Waals surface area contributed by atoms with E-state index in [1.165, 1.54) is 0 Å². The predicted molar refractivity (Wildman–Crippen MR) is 76.6 cm³/mol. The van der Waals surface area contributed by atoms with Crippen LogP contribution in [0.1, 0.15) is 16.8 Å². The molecule has 0 aliphatic rings. The van der Waals surface area contributed by atoms with Gasteiger partial charge >= 0.3 is 0 Å². The summed E-state index contributed by atoms with van der Waals surface area (Å²) in [5.41, 5.74) is 8.62. The third kappa shape index (κ3) is 3.94. The molecule has 0 amide bonds. The second-order valence-corrected chi connectivity index (χ2v) is 4.84. The van der Waals surface area contributed by atoms with Crippen LogP contribution in [0.2, 0.25) is 0 Å². The number of rotatable bonds is 5. The second-order valence-electron chi connectivity index (χ2n) is 4.40. The molecule has 17 heavy (non-hydrogen) atoms. The number of thiocarbonyl (C=S) groups is 1. The van der Waals surface area contributed by atoms with Gasteiger partial charge in [-0.3, -0.25) is 0 Å². The summed E-state index contributed by atoms with van der Waals surface area (Å²) in [7, 11) is 4.07. The third-order valence-corrected chi connectivity index (χ3v) is 2.65. The Morgan fingerprint density at radius 1 is 1.47 bits per heavy atom. The van der Waals surface area contributed by atoms with E-state index >= 15 is 0 Å². The molecule has 1 aromatic heterocycles. The van der Waals surface area contributed by atoms with E-state index in [-0.39, 0.29) is 0 Å². The summed E-state index contributed by atoms with van der Waals surface area (Å²) < 4.78 is 0. The van der Waals surface area contributed by atoms with E-state index in [1.807, 2.05) is 34.0 Å². The average molecular weight is 252 g/mol. The van der Waals surface area contributed by atoms with Crippen LogP contribution >= 0.6 is 12.2 Å². The molecule has 1 aromatic rings. The molecule has 0 unspecified atom stereocenters. The molecule has 0 radical (unpaired) electrons. The molecule has 1 rings (SSSR count). The highest BCUT2D eigenvalue weighted by atomic mass is 32.1. The SMILES string of the molecule is Cc1cc(C)c(C(N)=S)c(NCCN(C)C)n1. The summed E-state index contributed by atoms with van der Waals surface area (Å²) in [6, 6.07) is 1.99. The topological polar surface area (TPSA) is 54.2 Å². The first-order chi connectivity index (χ1) is 7.91. The van der Waals surface area contributed by atoms with Crippen molar-refractivity contribution in [3.05, 3.63) is 22.9 Å². The summed E-state index contributed by atoms with van der Waals surface area (Å²) in [6.07, 6.45) is 0. The largest absolute Gasteiger partial charge is 0.389 e. The zero-order valence-corrected chi connectivity index (χ0v) is 11.7. The number of anilines is 1. The number of aryl methyl sites for hydroxylation is 2. The van der Waals surface area contributed by atoms with Crippen molar-refractivity contribution in [2.45, 2.75) is 13.8 Å². The molecule has 0 atom stereocenters. The van der Waals surface area contributed by atoms with Crippen LogP contribution in [0, 0.1) is 13.8 Å². The van der Waals surface area contributed by atoms with E-state index < -0.39 is 0 Å². The minimum Gasteiger partial charge on any atom is -0.389 e. The number of hydrogen-bond acceptors (Lipinski definition) is 4. The average Bonchev–Trinajstić information content (AvgIpc) is 2.14. The number of nitrogens with one attached hydrogen (secondary N) is 1. The maximum Gasteiger partial charge on any atom is 0.136 e. The lowest BCUT2D eigenvalue weighted by Gasteiger charge is -2.15. The Morgan fingerprint density at radius 3 is 2.65 bits per heavy atom. The van der Waals surface area contributed by atoms with Crippen molar-refractivity contribution in [2.24, 2.45) is 5.73 Å². The van der Waals surface area contributed by atoms with Crippen LogP contribution in [-0.4, -0.2) is 42.1 Å². The fourth-order valence-electron chi connectivity index (χ4n) is 1.67. The monoisotopic (exact) mass is 252 g/mol. The first kappa shape index (κ1) is 13.9. The maximum absolute atomic E-state index is 5.74. The first-order valence-corrected chi connectivity index (χ1v) is 5.99. The van der Waals surface area contributed by atoms with Crippen molar-refractivity contribution < 1.29 is 0 Å². The van der Waals surface area contributed by atoms with Crippen LogP contribution in [0.4, 0.5) is 5.82 Å². The van der Waals surface area contributed by atoms with Crippen LogP contribution in [0.25, 0.3) is 0 Å². The van der Waals surface area contributed by atoms with Gasteiger partial charge in [-0.05, 0) is 39.6 Å². The number of hydrogen-bond donors (Lipinski definition) is 2. The van der Waals surface area contributed by atoms with Gasteiger partial charge in [0.25, 0.3) is 0 Å². The van der Waals surface area contributed by atoms with Crippen LogP contribution in [0.15, 0.2) is 6.07 Å². The highest BCUT2D eigenvalue weighted by Crippen LogP contribution is 2.18. The lowest BCUT2D eigenvalue weighted by molar-refractivity contribution is 0.425. The van der Waals surface area contributed by atoms with Crippen LogP contribution < -0.4 is 11.1 Å². The van der Waals surface area contributed by atoms with Crippen molar-refractivity contribution in [3.8, 4) is 0 Å². The zero-order valence-electron chi connectivity index (χ0n) is 10.9. The van der Waals surface area contributed by atoms with Gasteiger partial charge in [-0.1, -0.05) is 12.2 Å². The molecule has 0 aliphatic heterocycles. The Balaban J connectivity index is 2.92. The molecule has 0 aliphatic carbocycles. The highest BCUT2D eigenvalue weighted by molar-refractivity contribution is 7.80. The Morgan fingerprint density at radius 2 is 2.12 bits per heavy atom. The quantitative estimate of drug-likeness (QED) is 0.774. The Bertz CT molecular complexity index is 415. The third-order valence-electron chi connectivity index (χ3n) is 2.44. The highest BCUT2D eigenvalue weighted by Gasteiger charge is 2.10.